The summed E-state index contributed by atoms with van der Waals surface area (Å²) in [6.07, 6.45) is 4.81. The molecule has 13 heavy (non-hydrogen) atoms. The van der Waals surface area contributed by atoms with Crippen LogP contribution >= 0.6 is 0 Å². The van der Waals surface area contributed by atoms with Crippen LogP contribution in [0, 0.1) is 0 Å². The number of hydrogen-bond donors (Lipinski definition) is 2. The van der Waals surface area contributed by atoms with E-state index in [4.69, 9.17) is 10.3 Å². The Morgan fingerprint density at radius 3 is 2.77 bits per heavy atom. The van der Waals surface area contributed by atoms with E-state index in [0.717, 1.165) is 11.1 Å². The summed E-state index contributed by atoms with van der Waals surface area (Å²) in [6.45, 7) is 0.0261. The fourth-order valence-corrected chi connectivity index (χ4v) is 0.998. The maximum absolute atomic E-state index is 8.55. The van der Waals surface area contributed by atoms with Crippen molar-refractivity contribution in [2.45, 2.75) is 0 Å². The van der Waals surface area contributed by atoms with Gasteiger partial charge in [0.2, 0.25) is 0 Å². The Balaban J connectivity index is 2.85. The highest BCUT2D eigenvalue weighted by Crippen LogP contribution is 2.04. The molecule has 1 aromatic carbocycles. The highest BCUT2D eigenvalue weighted by atomic mass is 16.4. The minimum atomic E-state index is 0.0261. The monoisotopic (exact) mass is 177 g/mol. The van der Waals surface area contributed by atoms with Crippen molar-refractivity contribution in [1.82, 2.24) is 0 Å². The minimum absolute atomic E-state index is 0.0261. The molecule has 0 bridgehead atoms. The Labute approximate surface area is 76.6 Å². The van der Waals surface area contributed by atoms with Crippen LogP contribution in [0.5, 0.6) is 0 Å². The van der Waals surface area contributed by atoms with E-state index >= 15 is 0 Å². The molecule has 0 aliphatic heterocycles. The van der Waals surface area contributed by atoms with Crippen molar-refractivity contribution in [3.8, 4) is 0 Å². The first-order valence-electron chi connectivity index (χ1n) is 3.91. The van der Waals surface area contributed by atoms with Gasteiger partial charge in [-0.2, -0.15) is 0 Å². The number of rotatable bonds is 3. The van der Waals surface area contributed by atoms with E-state index in [1.165, 1.54) is 6.21 Å². The highest BCUT2D eigenvalue weighted by molar-refractivity contribution is 5.80. The smallest absolute Gasteiger partial charge is 0.0734 e. The fraction of sp³-hybridized carbons (Fsp3) is 0.100. The first kappa shape index (κ1) is 9.48. The topological polar surface area (TPSA) is 52.8 Å². The third kappa shape index (κ3) is 3.09. The van der Waals surface area contributed by atoms with Crippen molar-refractivity contribution in [1.29, 1.82) is 0 Å². The molecule has 3 nitrogen and oxygen atoms in total. The van der Waals surface area contributed by atoms with Gasteiger partial charge in [-0.3, -0.25) is 0 Å². The molecule has 0 aromatic heterocycles. The summed E-state index contributed by atoms with van der Waals surface area (Å²) in [6, 6.07) is 7.44. The molecule has 0 saturated carbocycles. The summed E-state index contributed by atoms with van der Waals surface area (Å²) in [5, 5.41) is 19.8. The second kappa shape index (κ2) is 5.11. The van der Waals surface area contributed by atoms with Gasteiger partial charge in [0.05, 0.1) is 12.8 Å². The molecule has 0 amide bonds. The van der Waals surface area contributed by atoms with Crippen LogP contribution in [-0.2, 0) is 0 Å². The van der Waals surface area contributed by atoms with Crippen molar-refractivity contribution in [2.24, 2.45) is 5.16 Å². The minimum Gasteiger partial charge on any atom is -0.411 e. The van der Waals surface area contributed by atoms with E-state index < -0.39 is 0 Å². The number of aliphatic hydroxyl groups excluding tert-OH is 1. The SMILES string of the molecule is OCC=Cc1cccc(C=NO)c1. The Bertz CT molecular complexity index is 318. The summed E-state index contributed by atoms with van der Waals surface area (Å²) in [7, 11) is 0. The highest BCUT2D eigenvalue weighted by Gasteiger charge is 1.89. The van der Waals surface area contributed by atoms with Crippen LogP contribution in [0.2, 0.25) is 0 Å². The maximum atomic E-state index is 8.55. The zero-order chi connectivity index (χ0) is 9.52. The quantitative estimate of drug-likeness (QED) is 0.417. The maximum Gasteiger partial charge on any atom is 0.0734 e. The summed E-state index contributed by atoms with van der Waals surface area (Å²) in [5.74, 6) is 0. The molecule has 2 N–H and O–H groups in total. The first-order chi connectivity index (χ1) is 6.36. The summed E-state index contributed by atoms with van der Waals surface area (Å²) in [4.78, 5) is 0. The van der Waals surface area contributed by atoms with Gasteiger partial charge in [0.15, 0.2) is 0 Å². The van der Waals surface area contributed by atoms with Gasteiger partial charge in [0.1, 0.15) is 0 Å². The van der Waals surface area contributed by atoms with Crippen LogP contribution in [0.1, 0.15) is 11.1 Å². The molecule has 68 valence electrons. The lowest BCUT2D eigenvalue weighted by Gasteiger charge is -1.94. The molecule has 0 aliphatic carbocycles. The average Bonchev–Trinajstić information content (AvgIpc) is 2.16. The van der Waals surface area contributed by atoms with E-state index in [2.05, 4.69) is 5.16 Å². The van der Waals surface area contributed by atoms with Gasteiger partial charge in [0.25, 0.3) is 0 Å². The van der Waals surface area contributed by atoms with Crippen LogP contribution in [0.15, 0.2) is 35.5 Å². The van der Waals surface area contributed by atoms with Gasteiger partial charge in [-0.15, -0.1) is 0 Å². The molecule has 0 unspecified atom stereocenters. The summed E-state index contributed by atoms with van der Waals surface area (Å²) < 4.78 is 0. The number of benzene rings is 1. The largest absolute Gasteiger partial charge is 0.411 e. The molecule has 1 aromatic rings. The predicted octanol–water partition coefficient (Wildman–Crippen LogP) is 1.50. The van der Waals surface area contributed by atoms with Crippen LogP contribution in [0.25, 0.3) is 6.08 Å². The zero-order valence-electron chi connectivity index (χ0n) is 7.09. The van der Waals surface area contributed by atoms with Gasteiger partial charge in [-0.25, -0.2) is 0 Å². The van der Waals surface area contributed by atoms with E-state index in [0.29, 0.717) is 0 Å². The van der Waals surface area contributed by atoms with Gasteiger partial charge >= 0.3 is 0 Å². The normalized spacial score (nSPS) is 11.5. The molecule has 0 radical (unpaired) electrons. The van der Waals surface area contributed by atoms with Gasteiger partial charge < -0.3 is 10.3 Å². The molecule has 0 spiro atoms. The van der Waals surface area contributed by atoms with Crippen molar-refractivity contribution >= 4 is 12.3 Å². The van der Waals surface area contributed by atoms with E-state index in [-0.39, 0.29) is 6.61 Å². The molecule has 0 saturated heterocycles. The average molecular weight is 177 g/mol. The number of aliphatic hydroxyl groups is 1. The third-order valence-corrected chi connectivity index (χ3v) is 1.53. The van der Waals surface area contributed by atoms with E-state index in [9.17, 15) is 0 Å². The second-order valence-corrected chi connectivity index (χ2v) is 2.50. The van der Waals surface area contributed by atoms with Crippen LogP contribution < -0.4 is 0 Å². The summed E-state index contributed by atoms with van der Waals surface area (Å²) >= 11 is 0. The molecule has 3 heteroatoms. The van der Waals surface area contributed by atoms with Crippen LogP contribution in [0.4, 0.5) is 0 Å². The zero-order valence-corrected chi connectivity index (χ0v) is 7.09. The molecular formula is C10H11NO2. The van der Waals surface area contributed by atoms with Gasteiger partial charge in [-0.1, -0.05) is 35.5 Å². The molecular weight excluding hydrogens is 166 g/mol. The van der Waals surface area contributed by atoms with E-state index in [1.807, 2.05) is 24.3 Å². The lowest BCUT2D eigenvalue weighted by molar-refractivity contribution is 0.322. The Kier molecular flexibility index (Phi) is 3.73. The Morgan fingerprint density at radius 1 is 1.31 bits per heavy atom. The first-order valence-corrected chi connectivity index (χ1v) is 3.91. The van der Waals surface area contributed by atoms with Crippen molar-refractivity contribution in [3.05, 3.63) is 41.5 Å². The van der Waals surface area contributed by atoms with Crippen molar-refractivity contribution in [3.63, 3.8) is 0 Å². The fourth-order valence-electron chi connectivity index (χ4n) is 0.998. The Hall–Kier alpha value is -1.61. The number of hydrogen-bond acceptors (Lipinski definition) is 3. The van der Waals surface area contributed by atoms with Gasteiger partial charge in [-0.05, 0) is 17.2 Å². The van der Waals surface area contributed by atoms with Crippen LogP contribution in [0.3, 0.4) is 0 Å². The predicted molar refractivity (Wildman–Crippen MR) is 51.9 cm³/mol. The van der Waals surface area contributed by atoms with Gasteiger partial charge in [0, 0.05) is 0 Å². The number of nitrogens with zero attached hydrogens (tertiary/aromatic N) is 1. The lowest BCUT2D eigenvalue weighted by Crippen LogP contribution is -1.82. The van der Waals surface area contributed by atoms with E-state index in [1.54, 1.807) is 12.2 Å². The molecule has 0 heterocycles. The van der Waals surface area contributed by atoms with Crippen molar-refractivity contribution in [2.75, 3.05) is 6.61 Å². The lowest BCUT2D eigenvalue weighted by atomic mass is 10.1. The number of oxime groups is 1. The molecule has 0 fully saturated rings. The van der Waals surface area contributed by atoms with Crippen LogP contribution in [-0.4, -0.2) is 23.1 Å². The second-order valence-electron chi connectivity index (χ2n) is 2.50. The molecule has 0 atom stereocenters. The summed E-state index contributed by atoms with van der Waals surface area (Å²) in [5.41, 5.74) is 1.79. The standard InChI is InChI=1S/C10H11NO2/c12-6-2-5-9-3-1-4-10(7-9)8-11-13/h1-5,7-8,12-13H,6H2. The third-order valence-electron chi connectivity index (χ3n) is 1.53. The Morgan fingerprint density at radius 2 is 2.08 bits per heavy atom. The molecule has 0 aliphatic rings. The van der Waals surface area contributed by atoms with Crippen molar-refractivity contribution < 1.29 is 10.3 Å². The molecule has 1 rings (SSSR count).